The second-order valence-electron chi connectivity index (χ2n) is 5.72. The van der Waals surface area contributed by atoms with Crippen LogP contribution in [0.5, 0.6) is 0 Å². The van der Waals surface area contributed by atoms with Crippen LogP contribution in [0.3, 0.4) is 0 Å². The van der Waals surface area contributed by atoms with E-state index >= 15 is 0 Å². The summed E-state index contributed by atoms with van der Waals surface area (Å²) in [6.45, 7) is 8.21. The van der Waals surface area contributed by atoms with Gasteiger partial charge in [0, 0.05) is 13.5 Å². The van der Waals surface area contributed by atoms with Crippen molar-refractivity contribution in [3.8, 4) is 0 Å². The lowest BCUT2D eigenvalue weighted by Crippen LogP contribution is -2.46. The number of carbonyl (C=O) groups excluding carboxylic acids is 1. The molecule has 0 saturated heterocycles. The minimum atomic E-state index is -0.398. The molecule has 2 aromatic rings. The first kappa shape index (κ1) is 16.0. The van der Waals surface area contributed by atoms with Crippen molar-refractivity contribution < 1.29 is 4.79 Å². The van der Waals surface area contributed by atoms with Crippen LogP contribution in [0.4, 0.5) is 0 Å². The Hall–Kier alpha value is -2.35. The average molecular weight is 293 g/mol. The molecule has 2 nitrogen and oxygen atoms in total. The Labute approximate surface area is 133 Å². The third-order valence-corrected chi connectivity index (χ3v) is 4.10. The number of hydrogen-bond donors (Lipinski definition) is 0. The Bertz CT molecular complexity index is 621. The maximum absolute atomic E-state index is 12.3. The van der Waals surface area contributed by atoms with Gasteiger partial charge in [-0.15, -0.1) is 6.58 Å². The topological polar surface area (TPSA) is 20.3 Å². The highest BCUT2D eigenvalue weighted by Gasteiger charge is 2.34. The lowest BCUT2D eigenvalue weighted by molar-refractivity contribution is -0.136. The predicted molar refractivity (Wildman–Crippen MR) is 91.3 cm³/mol. The first-order chi connectivity index (χ1) is 10.6. The molecular formula is C20H23NO. The van der Waals surface area contributed by atoms with Crippen LogP contribution >= 0.6 is 0 Å². The molecule has 0 aromatic heterocycles. The van der Waals surface area contributed by atoms with E-state index in [-0.39, 0.29) is 5.91 Å². The number of rotatable bonds is 6. The van der Waals surface area contributed by atoms with Gasteiger partial charge >= 0.3 is 0 Å². The van der Waals surface area contributed by atoms with E-state index in [9.17, 15) is 4.79 Å². The number of hydrogen-bond acceptors (Lipinski definition) is 1. The van der Waals surface area contributed by atoms with Gasteiger partial charge in [0.25, 0.3) is 0 Å². The molecule has 0 radical (unpaired) electrons. The molecule has 1 amide bonds. The highest BCUT2D eigenvalue weighted by molar-refractivity contribution is 5.74. The van der Waals surface area contributed by atoms with Crippen LogP contribution in [0.1, 0.15) is 31.4 Å². The molecule has 114 valence electrons. The molecule has 0 aliphatic rings. The van der Waals surface area contributed by atoms with Crippen LogP contribution in [-0.4, -0.2) is 10.8 Å². The fourth-order valence-electron chi connectivity index (χ4n) is 2.86. The second kappa shape index (κ2) is 7.08. The second-order valence-corrected chi connectivity index (χ2v) is 5.72. The third-order valence-electron chi connectivity index (χ3n) is 4.10. The summed E-state index contributed by atoms with van der Waals surface area (Å²) < 4.78 is 0. The highest BCUT2D eigenvalue weighted by Crippen LogP contribution is 2.33. The zero-order valence-electron chi connectivity index (χ0n) is 13.3. The summed E-state index contributed by atoms with van der Waals surface area (Å²) in [6.07, 6.45) is 2.59. The molecule has 0 N–H and O–H groups in total. The van der Waals surface area contributed by atoms with Crippen molar-refractivity contribution >= 4 is 5.91 Å². The average Bonchev–Trinajstić information content (AvgIpc) is 2.54. The lowest BCUT2D eigenvalue weighted by Gasteiger charge is -2.41. The first-order valence-corrected chi connectivity index (χ1v) is 7.56. The van der Waals surface area contributed by atoms with Crippen molar-refractivity contribution in [2.75, 3.05) is 0 Å². The summed E-state index contributed by atoms with van der Waals surface area (Å²) >= 11 is 0. The normalized spacial score (nSPS) is 13.2. The lowest BCUT2D eigenvalue weighted by atomic mass is 9.86. The monoisotopic (exact) mass is 293 g/mol. The fourth-order valence-corrected chi connectivity index (χ4v) is 2.86. The van der Waals surface area contributed by atoms with Crippen molar-refractivity contribution in [2.24, 2.45) is 0 Å². The number of nitrogens with zero attached hydrogens (tertiary/aromatic N) is 1. The Morgan fingerprint density at radius 2 is 1.64 bits per heavy atom. The van der Waals surface area contributed by atoms with Gasteiger partial charge in [-0.3, -0.25) is 4.79 Å². The van der Waals surface area contributed by atoms with Crippen LogP contribution < -0.4 is 0 Å². The van der Waals surface area contributed by atoms with Gasteiger partial charge in [-0.1, -0.05) is 66.7 Å². The van der Waals surface area contributed by atoms with Crippen LogP contribution in [-0.2, 0) is 16.9 Å². The summed E-state index contributed by atoms with van der Waals surface area (Å²) in [5.74, 6) is 0.0667. The van der Waals surface area contributed by atoms with Gasteiger partial charge in [0.05, 0.1) is 5.54 Å². The van der Waals surface area contributed by atoms with E-state index in [2.05, 4.69) is 37.8 Å². The van der Waals surface area contributed by atoms with Gasteiger partial charge in [0.2, 0.25) is 5.91 Å². The molecule has 2 heteroatoms. The summed E-state index contributed by atoms with van der Waals surface area (Å²) in [7, 11) is 0. The largest absolute Gasteiger partial charge is 0.329 e. The van der Waals surface area contributed by atoms with Gasteiger partial charge in [0.15, 0.2) is 0 Å². The highest BCUT2D eigenvalue weighted by atomic mass is 16.2. The van der Waals surface area contributed by atoms with Gasteiger partial charge in [-0.25, -0.2) is 0 Å². The first-order valence-electron chi connectivity index (χ1n) is 7.56. The molecule has 0 fully saturated rings. The maximum Gasteiger partial charge on any atom is 0.220 e. The molecule has 0 saturated carbocycles. The SMILES string of the molecule is C=CCC(C)(c1ccccc1)N(Cc1ccccc1)C(C)=O. The van der Waals surface area contributed by atoms with Crippen LogP contribution in [0.25, 0.3) is 0 Å². The van der Waals surface area contributed by atoms with Crippen LogP contribution in [0.2, 0.25) is 0 Å². The number of carbonyl (C=O) groups is 1. The maximum atomic E-state index is 12.3. The van der Waals surface area contributed by atoms with Crippen molar-refractivity contribution in [1.82, 2.24) is 4.90 Å². The molecule has 22 heavy (non-hydrogen) atoms. The van der Waals surface area contributed by atoms with Crippen molar-refractivity contribution in [1.29, 1.82) is 0 Å². The Balaban J connectivity index is 2.42. The molecule has 2 rings (SSSR count). The van der Waals surface area contributed by atoms with Gasteiger partial charge in [-0.05, 0) is 24.5 Å². The fraction of sp³-hybridized carbons (Fsp3) is 0.250. The van der Waals surface area contributed by atoms with Crippen molar-refractivity contribution in [3.63, 3.8) is 0 Å². The minimum absolute atomic E-state index is 0.0667. The van der Waals surface area contributed by atoms with E-state index in [0.29, 0.717) is 13.0 Å². The van der Waals surface area contributed by atoms with Crippen LogP contribution in [0, 0.1) is 0 Å². The number of benzene rings is 2. The standard InChI is InChI=1S/C20H23NO/c1-4-15-20(3,19-13-9-6-10-14-19)21(17(2)22)16-18-11-7-5-8-12-18/h4-14H,1,15-16H2,2-3H3. The van der Waals surface area contributed by atoms with Crippen molar-refractivity contribution in [3.05, 3.63) is 84.4 Å². The smallest absolute Gasteiger partial charge is 0.220 e. The quantitative estimate of drug-likeness (QED) is 0.717. The van der Waals surface area contributed by atoms with Crippen molar-refractivity contribution in [2.45, 2.75) is 32.4 Å². The molecule has 0 heterocycles. The third kappa shape index (κ3) is 3.45. The van der Waals surface area contributed by atoms with E-state index < -0.39 is 5.54 Å². The summed E-state index contributed by atoms with van der Waals surface area (Å²) in [5.41, 5.74) is 1.86. The van der Waals surface area contributed by atoms with E-state index in [1.807, 2.05) is 47.4 Å². The number of amides is 1. The summed E-state index contributed by atoms with van der Waals surface area (Å²) in [4.78, 5) is 14.3. The van der Waals surface area contributed by atoms with Gasteiger partial charge in [0.1, 0.15) is 0 Å². The zero-order chi connectivity index (χ0) is 16.0. The van der Waals surface area contributed by atoms with Gasteiger partial charge < -0.3 is 4.90 Å². The van der Waals surface area contributed by atoms with Crippen LogP contribution in [0.15, 0.2) is 73.3 Å². The minimum Gasteiger partial charge on any atom is -0.329 e. The molecule has 1 atom stereocenters. The Morgan fingerprint density at radius 1 is 1.09 bits per heavy atom. The summed E-state index contributed by atoms with van der Waals surface area (Å²) in [6, 6.07) is 20.3. The predicted octanol–water partition coefficient (Wildman–Crippen LogP) is 4.53. The molecule has 1 unspecified atom stereocenters. The molecule has 0 bridgehead atoms. The van der Waals surface area contributed by atoms with E-state index in [1.165, 1.54) is 0 Å². The van der Waals surface area contributed by atoms with E-state index in [1.54, 1.807) is 6.92 Å². The Kier molecular flexibility index (Phi) is 5.16. The molecule has 0 aliphatic heterocycles. The summed E-state index contributed by atoms with van der Waals surface area (Å²) in [5, 5.41) is 0. The van der Waals surface area contributed by atoms with E-state index in [4.69, 9.17) is 0 Å². The Morgan fingerprint density at radius 3 is 2.14 bits per heavy atom. The molecular weight excluding hydrogens is 270 g/mol. The van der Waals surface area contributed by atoms with Gasteiger partial charge in [-0.2, -0.15) is 0 Å². The zero-order valence-corrected chi connectivity index (χ0v) is 13.3. The molecule has 2 aromatic carbocycles. The molecule has 0 spiro atoms. The molecule has 0 aliphatic carbocycles. The van der Waals surface area contributed by atoms with E-state index in [0.717, 1.165) is 11.1 Å².